The second kappa shape index (κ2) is 19.1. The van der Waals surface area contributed by atoms with Crippen LogP contribution in [0.5, 0.6) is 0 Å². The van der Waals surface area contributed by atoms with Crippen molar-refractivity contribution in [3.63, 3.8) is 0 Å². The lowest BCUT2D eigenvalue weighted by atomic mass is 9.99. The molecule has 0 saturated heterocycles. The highest BCUT2D eigenvalue weighted by Gasteiger charge is 2.38. The van der Waals surface area contributed by atoms with Crippen LogP contribution in [0.25, 0.3) is 0 Å². The summed E-state index contributed by atoms with van der Waals surface area (Å²) in [6, 6.07) is -0.199. The molecular formula is C29H65NO4Si3. The molecule has 0 saturated carbocycles. The van der Waals surface area contributed by atoms with Gasteiger partial charge in [-0.25, -0.2) is 0 Å². The molecule has 222 valence electrons. The number of hydrogen-bond donors (Lipinski definition) is 1. The molecule has 0 unspecified atom stereocenters. The molecule has 1 amide bonds. The first-order valence-electron chi connectivity index (χ1n) is 15.3. The number of carbonyl (C=O) groups is 1. The average molecular weight is 576 g/mol. The van der Waals surface area contributed by atoms with Gasteiger partial charge in [-0.2, -0.15) is 0 Å². The van der Waals surface area contributed by atoms with Crippen LogP contribution >= 0.6 is 0 Å². The highest BCUT2D eigenvalue weighted by molar-refractivity contribution is 6.70. The van der Waals surface area contributed by atoms with E-state index in [4.69, 9.17) is 13.3 Å². The lowest BCUT2D eigenvalue weighted by molar-refractivity contribution is -0.121. The van der Waals surface area contributed by atoms with E-state index < -0.39 is 25.0 Å². The number of hydrogen-bond acceptors (Lipinski definition) is 4. The van der Waals surface area contributed by atoms with Gasteiger partial charge in [0.25, 0.3) is 0 Å². The van der Waals surface area contributed by atoms with Crippen molar-refractivity contribution in [3.05, 3.63) is 0 Å². The van der Waals surface area contributed by atoms with E-state index in [1.165, 1.54) is 70.6 Å². The molecule has 0 radical (unpaired) electrons. The van der Waals surface area contributed by atoms with Gasteiger partial charge in [0, 0.05) is 6.92 Å². The standard InChI is InChI=1S/C29H65NO4Si3/c1-12-13-14-15-16-17-18-19-20-21-22-23-24-28(33-36(6,7)8)29(34-37(9,10)11)27(30-26(2)31)25-32-35(3,4)5/h27-29H,12-25H2,1-11H3,(H,30,31)/t27-,28+,29-/m0/s1. The Morgan fingerprint density at radius 2 is 1.08 bits per heavy atom. The van der Waals surface area contributed by atoms with E-state index in [0.717, 1.165) is 12.8 Å². The molecule has 8 heteroatoms. The number of unbranched alkanes of at least 4 members (excludes halogenated alkanes) is 11. The third kappa shape index (κ3) is 23.6. The molecule has 5 nitrogen and oxygen atoms in total. The van der Waals surface area contributed by atoms with Crippen molar-refractivity contribution in [2.75, 3.05) is 6.61 Å². The van der Waals surface area contributed by atoms with Crippen LogP contribution in [-0.2, 0) is 18.1 Å². The van der Waals surface area contributed by atoms with E-state index >= 15 is 0 Å². The zero-order valence-corrected chi connectivity index (χ0v) is 29.8. The zero-order chi connectivity index (χ0) is 28.5. The van der Waals surface area contributed by atoms with Gasteiger partial charge in [-0.1, -0.05) is 84.0 Å². The van der Waals surface area contributed by atoms with Crippen LogP contribution in [0.15, 0.2) is 0 Å². The molecule has 0 aliphatic heterocycles. The highest BCUT2D eigenvalue weighted by Crippen LogP contribution is 2.25. The fourth-order valence-corrected chi connectivity index (χ4v) is 7.55. The Balaban J connectivity index is 5.09. The second-order valence-corrected chi connectivity index (χ2v) is 27.3. The summed E-state index contributed by atoms with van der Waals surface area (Å²) in [5.74, 6) is -0.0366. The van der Waals surface area contributed by atoms with E-state index in [2.05, 4.69) is 71.2 Å². The maximum atomic E-state index is 12.2. The van der Waals surface area contributed by atoms with Gasteiger partial charge in [0.2, 0.25) is 5.91 Å². The molecular weight excluding hydrogens is 511 g/mol. The van der Waals surface area contributed by atoms with Crippen molar-refractivity contribution in [1.82, 2.24) is 5.32 Å². The van der Waals surface area contributed by atoms with Crippen molar-refractivity contribution >= 4 is 30.9 Å². The van der Waals surface area contributed by atoms with Crippen LogP contribution in [0.4, 0.5) is 0 Å². The van der Waals surface area contributed by atoms with Crippen LogP contribution in [0.2, 0.25) is 58.9 Å². The van der Waals surface area contributed by atoms with Crippen molar-refractivity contribution in [1.29, 1.82) is 0 Å². The van der Waals surface area contributed by atoms with Crippen molar-refractivity contribution in [2.45, 2.75) is 174 Å². The molecule has 0 spiro atoms. The summed E-state index contributed by atoms with van der Waals surface area (Å²) in [7, 11) is -5.45. The van der Waals surface area contributed by atoms with E-state index in [-0.39, 0.29) is 24.2 Å². The van der Waals surface area contributed by atoms with Crippen LogP contribution < -0.4 is 5.32 Å². The van der Waals surface area contributed by atoms with E-state index in [9.17, 15) is 4.79 Å². The van der Waals surface area contributed by atoms with Crippen LogP contribution in [0.1, 0.15) is 97.3 Å². The number of carbonyl (C=O) groups excluding carboxylic acids is 1. The molecule has 0 bridgehead atoms. The van der Waals surface area contributed by atoms with E-state index in [1.807, 2.05) is 0 Å². The molecule has 0 aromatic rings. The highest BCUT2D eigenvalue weighted by atomic mass is 28.4. The quantitative estimate of drug-likeness (QED) is 0.0976. The van der Waals surface area contributed by atoms with Crippen molar-refractivity contribution in [2.24, 2.45) is 0 Å². The third-order valence-corrected chi connectivity index (χ3v) is 9.21. The Morgan fingerprint density at radius 1 is 0.649 bits per heavy atom. The van der Waals surface area contributed by atoms with E-state index in [1.54, 1.807) is 6.92 Å². The van der Waals surface area contributed by atoms with Gasteiger partial charge in [0.1, 0.15) is 0 Å². The summed E-state index contributed by atoms with van der Waals surface area (Å²) in [6.07, 6.45) is 16.9. The van der Waals surface area contributed by atoms with Gasteiger partial charge < -0.3 is 18.6 Å². The largest absolute Gasteiger partial charge is 0.415 e. The minimum atomic E-state index is -1.89. The van der Waals surface area contributed by atoms with Crippen LogP contribution in [-0.4, -0.2) is 55.7 Å². The predicted molar refractivity (Wildman–Crippen MR) is 169 cm³/mol. The average Bonchev–Trinajstić information content (AvgIpc) is 2.72. The monoisotopic (exact) mass is 575 g/mol. The minimum Gasteiger partial charge on any atom is -0.415 e. The molecule has 0 aromatic heterocycles. The Bertz CT molecular complexity index is 585. The molecule has 0 aliphatic carbocycles. The summed E-state index contributed by atoms with van der Waals surface area (Å²) < 4.78 is 19.9. The van der Waals surface area contributed by atoms with Gasteiger partial charge in [0.15, 0.2) is 25.0 Å². The summed E-state index contributed by atoms with van der Waals surface area (Å²) in [5, 5.41) is 3.18. The molecule has 37 heavy (non-hydrogen) atoms. The lowest BCUT2D eigenvalue weighted by Crippen LogP contribution is -2.57. The van der Waals surface area contributed by atoms with Gasteiger partial charge >= 0.3 is 0 Å². The zero-order valence-electron chi connectivity index (χ0n) is 26.8. The first-order chi connectivity index (χ1) is 17.0. The fourth-order valence-electron chi connectivity index (χ4n) is 4.58. The van der Waals surface area contributed by atoms with Crippen molar-refractivity contribution < 1.29 is 18.1 Å². The van der Waals surface area contributed by atoms with Crippen LogP contribution in [0.3, 0.4) is 0 Å². The first-order valence-corrected chi connectivity index (χ1v) is 25.5. The van der Waals surface area contributed by atoms with Gasteiger partial charge in [-0.3, -0.25) is 4.79 Å². The Labute approximate surface area is 235 Å². The van der Waals surface area contributed by atoms with Crippen molar-refractivity contribution in [3.8, 4) is 0 Å². The van der Waals surface area contributed by atoms with Gasteiger partial charge in [-0.05, 0) is 65.3 Å². The summed E-state index contributed by atoms with van der Waals surface area (Å²) >= 11 is 0. The fraction of sp³-hybridized carbons (Fsp3) is 0.966. The lowest BCUT2D eigenvalue weighted by Gasteiger charge is -2.41. The topological polar surface area (TPSA) is 56.8 Å². The molecule has 0 aliphatic rings. The Kier molecular flexibility index (Phi) is 19.1. The molecule has 0 heterocycles. The normalized spacial score (nSPS) is 15.4. The summed E-state index contributed by atoms with van der Waals surface area (Å²) in [5.41, 5.74) is 0. The first kappa shape index (κ1) is 37.0. The molecule has 0 aromatic carbocycles. The number of rotatable bonds is 23. The number of amides is 1. The Hall–Kier alpha value is 0.000649. The van der Waals surface area contributed by atoms with E-state index in [0.29, 0.717) is 6.61 Å². The number of nitrogens with one attached hydrogen (secondary N) is 1. The maximum absolute atomic E-state index is 12.2. The van der Waals surface area contributed by atoms with Gasteiger partial charge in [0.05, 0.1) is 24.9 Å². The molecule has 0 fully saturated rings. The molecule has 1 N–H and O–H groups in total. The van der Waals surface area contributed by atoms with Gasteiger partial charge in [-0.15, -0.1) is 0 Å². The third-order valence-electron chi connectivity index (χ3n) is 6.18. The molecule has 3 atom stereocenters. The Morgan fingerprint density at radius 3 is 1.46 bits per heavy atom. The summed E-state index contributed by atoms with van der Waals surface area (Å²) in [4.78, 5) is 12.2. The van der Waals surface area contributed by atoms with Crippen LogP contribution in [0, 0.1) is 0 Å². The SMILES string of the molecule is CCCCCCCCCCCCCC[C@@H](O[Si](C)(C)C)[C@@H](O[Si](C)(C)C)[C@H](CO[Si](C)(C)C)NC(C)=O. The smallest absolute Gasteiger partial charge is 0.217 e. The second-order valence-electron chi connectivity index (χ2n) is 13.9. The maximum Gasteiger partial charge on any atom is 0.217 e. The minimum absolute atomic E-state index is 0.0244. The summed E-state index contributed by atoms with van der Waals surface area (Å²) in [6.45, 7) is 24.3. The predicted octanol–water partition coefficient (Wildman–Crippen LogP) is 8.87. The molecule has 0 rings (SSSR count).